The highest BCUT2D eigenvalue weighted by Crippen LogP contribution is 2.25. The number of ether oxygens (including phenoxy) is 2. The summed E-state index contributed by atoms with van der Waals surface area (Å²) in [4.78, 5) is 11.5. The molecule has 0 aliphatic rings. The highest BCUT2D eigenvalue weighted by molar-refractivity contribution is 5.96. The van der Waals surface area contributed by atoms with E-state index in [9.17, 15) is 4.79 Å². The molecule has 1 aromatic rings. The van der Waals surface area contributed by atoms with Crippen molar-refractivity contribution in [1.29, 1.82) is 0 Å². The van der Waals surface area contributed by atoms with Gasteiger partial charge in [0.25, 0.3) is 0 Å². The SMILES string of the molecule is C#CCOc1cccc(C(=O)OCC)c1N. The van der Waals surface area contributed by atoms with E-state index < -0.39 is 5.97 Å². The van der Waals surface area contributed by atoms with Crippen LogP contribution in [0.5, 0.6) is 5.75 Å². The Bertz CT molecular complexity index is 421. The van der Waals surface area contributed by atoms with Crippen molar-refractivity contribution in [3.05, 3.63) is 23.8 Å². The highest BCUT2D eigenvalue weighted by atomic mass is 16.5. The Kier molecular flexibility index (Phi) is 4.22. The van der Waals surface area contributed by atoms with Crippen molar-refractivity contribution in [1.82, 2.24) is 0 Å². The molecule has 16 heavy (non-hydrogen) atoms. The maximum Gasteiger partial charge on any atom is 0.340 e. The molecule has 1 aromatic carbocycles. The molecule has 0 atom stereocenters. The van der Waals surface area contributed by atoms with E-state index in [1.807, 2.05) is 0 Å². The number of rotatable bonds is 4. The summed E-state index contributed by atoms with van der Waals surface area (Å²) in [7, 11) is 0. The van der Waals surface area contributed by atoms with Crippen LogP contribution < -0.4 is 10.5 Å². The summed E-state index contributed by atoms with van der Waals surface area (Å²) < 4.78 is 10.0. The quantitative estimate of drug-likeness (QED) is 0.473. The molecule has 84 valence electrons. The molecule has 0 heterocycles. The van der Waals surface area contributed by atoms with Crippen LogP contribution in [-0.2, 0) is 4.74 Å². The van der Waals surface area contributed by atoms with Gasteiger partial charge in [0.1, 0.15) is 12.4 Å². The van der Waals surface area contributed by atoms with Gasteiger partial charge in [0.2, 0.25) is 0 Å². The zero-order valence-corrected chi connectivity index (χ0v) is 9.03. The molecular weight excluding hydrogens is 206 g/mol. The van der Waals surface area contributed by atoms with Crippen LogP contribution in [0.15, 0.2) is 18.2 Å². The number of terminal acetylenes is 1. The molecule has 1 rings (SSSR count). The lowest BCUT2D eigenvalue weighted by Crippen LogP contribution is -2.09. The Morgan fingerprint density at radius 1 is 1.56 bits per heavy atom. The van der Waals surface area contributed by atoms with Gasteiger partial charge in [-0.05, 0) is 19.1 Å². The van der Waals surface area contributed by atoms with Gasteiger partial charge in [-0.15, -0.1) is 6.42 Å². The first-order valence-electron chi connectivity index (χ1n) is 4.82. The fourth-order valence-corrected chi connectivity index (χ4v) is 1.18. The lowest BCUT2D eigenvalue weighted by Gasteiger charge is -2.09. The summed E-state index contributed by atoms with van der Waals surface area (Å²) in [6.45, 7) is 2.14. The predicted octanol–water partition coefficient (Wildman–Crippen LogP) is 1.46. The molecule has 0 spiro atoms. The lowest BCUT2D eigenvalue weighted by atomic mass is 10.1. The van der Waals surface area contributed by atoms with Crippen LogP contribution in [0.25, 0.3) is 0 Å². The van der Waals surface area contributed by atoms with E-state index in [2.05, 4.69) is 5.92 Å². The van der Waals surface area contributed by atoms with Crippen LogP contribution in [0.3, 0.4) is 0 Å². The summed E-state index contributed by atoms with van der Waals surface area (Å²) in [5, 5.41) is 0. The van der Waals surface area contributed by atoms with E-state index in [-0.39, 0.29) is 17.9 Å². The third-order valence-corrected chi connectivity index (χ3v) is 1.87. The van der Waals surface area contributed by atoms with Gasteiger partial charge in [0.05, 0.1) is 17.9 Å². The van der Waals surface area contributed by atoms with Crippen molar-refractivity contribution in [3.63, 3.8) is 0 Å². The van der Waals surface area contributed by atoms with Crippen LogP contribution in [0.4, 0.5) is 5.69 Å². The Morgan fingerprint density at radius 3 is 2.94 bits per heavy atom. The Balaban J connectivity index is 2.95. The second-order valence-electron chi connectivity index (χ2n) is 2.93. The lowest BCUT2D eigenvalue weighted by molar-refractivity contribution is 0.0527. The van der Waals surface area contributed by atoms with Crippen LogP contribution >= 0.6 is 0 Å². The number of hydrogen-bond donors (Lipinski definition) is 1. The van der Waals surface area contributed by atoms with E-state index in [0.29, 0.717) is 12.4 Å². The van der Waals surface area contributed by atoms with Crippen molar-refractivity contribution in [2.45, 2.75) is 6.92 Å². The molecule has 0 saturated carbocycles. The molecule has 0 radical (unpaired) electrons. The van der Waals surface area contributed by atoms with Crippen LogP contribution in [-0.4, -0.2) is 19.2 Å². The second-order valence-corrected chi connectivity index (χ2v) is 2.93. The molecule has 0 fully saturated rings. The normalized spacial score (nSPS) is 9.25. The number of carbonyl (C=O) groups is 1. The Hall–Kier alpha value is -2.15. The number of nitrogen functional groups attached to an aromatic ring is 1. The van der Waals surface area contributed by atoms with Gasteiger partial charge in [0, 0.05) is 0 Å². The van der Waals surface area contributed by atoms with E-state index in [1.165, 1.54) is 0 Å². The number of nitrogens with two attached hydrogens (primary N) is 1. The first-order valence-corrected chi connectivity index (χ1v) is 4.82. The van der Waals surface area contributed by atoms with Crippen molar-refractivity contribution in [2.24, 2.45) is 0 Å². The number of esters is 1. The van der Waals surface area contributed by atoms with Gasteiger partial charge in [-0.25, -0.2) is 4.79 Å². The Morgan fingerprint density at radius 2 is 2.31 bits per heavy atom. The summed E-state index contributed by atoms with van der Waals surface area (Å²) >= 11 is 0. The van der Waals surface area contributed by atoms with Gasteiger partial charge in [0.15, 0.2) is 0 Å². The molecule has 0 bridgehead atoms. The number of benzene rings is 1. The minimum atomic E-state index is -0.467. The van der Waals surface area contributed by atoms with E-state index in [4.69, 9.17) is 21.6 Å². The van der Waals surface area contributed by atoms with E-state index in [1.54, 1.807) is 25.1 Å². The van der Waals surface area contributed by atoms with Gasteiger partial charge < -0.3 is 15.2 Å². The fourth-order valence-electron chi connectivity index (χ4n) is 1.18. The maximum atomic E-state index is 11.5. The maximum absolute atomic E-state index is 11.5. The molecule has 0 aliphatic heterocycles. The molecule has 0 amide bonds. The molecule has 0 unspecified atom stereocenters. The molecule has 4 heteroatoms. The minimum Gasteiger partial charge on any atom is -0.479 e. The number of anilines is 1. The van der Waals surface area contributed by atoms with Crippen molar-refractivity contribution >= 4 is 11.7 Å². The summed E-state index contributed by atoms with van der Waals surface area (Å²) in [5.41, 5.74) is 6.30. The van der Waals surface area contributed by atoms with Gasteiger partial charge in [-0.3, -0.25) is 0 Å². The average Bonchev–Trinajstić information content (AvgIpc) is 2.28. The van der Waals surface area contributed by atoms with Crippen molar-refractivity contribution < 1.29 is 14.3 Å². The third kappa shape index (κ3) is 2.67. The highest BCUT2D eigenvalue weighted by Gasteiger charge is 2.13. The summed E-state index contributed by atoms with van der Waals surface area (Å²) in [6, 6.07) is 4.89. The standard InChI is InChI=1S/C12H13NO3/c1-3-8-16-10-7-5-6-9(11(10)13)12(14)15-4-2/h1,5-7H,4,8,13H2,2H3. The smallest absolute Gasteiger partial charge is 0.340 e. The van der Waals surface area contributed by atoms with Crippen molar-refractivity contribution in [3.8, 4) is 18.1 Å². The predicted molar refractivity (Wildman–Crippen MR) is 61.1 cm³/mol. The van der Waals surface area contributed by atoms with Gasteiger partial charge in [-0.1, -0.05) is 12.0 Å². The fraction of sp³-hybridized carbons (Fsp3) is 0.250. The second kappa shape index (κ2) is 5.66. The first kappa shape index (κ1) is 11.9. The molecule has 0 aliphatic carbocycles. The van der Waals surface area contributed by atoms with Crippen LogP contribution in [0.1, 0.15) is 17.3 Å². The Labute approximate surface area is 94.3 Å². The average molecular weight is 219 g/mol. The molecule has 0 saturated heterocycles. The zero-order valence-electron chi connectivity index (χ0n) is 9.03. The van der Waals surface area contributed by atoms with Crippen molar-refractivity contribution in [2.75, 3.05) is 18.9 Å². The largest absolute Gasteiger partial charge is 0.479 e. The number of carbonyl (C=O) groups excluding carboxylic acids is 1. The topological polar surface area (TPSA) is 61.5 Å². The molecule has 2 N–H and O–H groups in total. The number of para-hydroxylation sites is 1. The van der Waals surface area contributed by atoms with Gasteiger partial charge in [-0.2, -0.15) is 0 Å². The molecule has 4 nitrogen and oxygen atoms in total. The van der Waals surface area contributed by atoms with Crippen LogP contribution in [0, 0.1) is 12.3 Å². The van der Waals surface area contributed by atoms with E-state index in [0.717, 1.165) is 0 Å². The molecule has 0 aromatic heterocycles. The van der Waals surface area contributed by atoms with Gasteiger partial charge >= 0.3 is 5.97 Å². The zero-order chi connectivity index (χ0) is 12.0. The minimum absolute atomic E-state index is 0.108. The number of hydrogen-bond acceptors (Lipinski definition) is 4. The third-order valence-electron chi connectivity index (χ3n) is 1.87. The monoisotopic (exact) mass is 219 g/mol. The summed E-state index contributed by atoms with van der Waals surface area (Å²) in [5.74, 6) is 2.25. The summed E-state index contributed by atoms with van der Waals surface area (Å²) in [6.07, 6.45) is 5.06. The van der Waals surface area contributed by atoms with E-state index >= 15 is 0 Å². The van der Waals surface area contributed by atoms with Crippen LogP contribution in [0.2, 0.25) is 0 Å². The first-order chi connectivity index (χ1) is 7.70. The molecular formula is C12H13NO3.